The molecule has 26 heavy (non-hydrogen) atoms. The van der Waals surface area contributed by atoms with Crippen LogP contribution in [0.1, 0.15) is 65.4 Å². The number of hydrogen-bond donors (Lipinski definition) is 1. The Kier molecular flexibility index (Phi) is 5.15. The van der Waals surface area contributed by atoms with Crippen molar-refractivity contribution in [2.45, 2.75) is 52.6 Å². The minimum atomic E-state index is -0.149. The Hall–Kier alpha value is -2.57. The molecule has 0 radical (unpaired) electrons. The Bertz CT molecular complexity index is 801. The molecule has 2 aromatic heterocycles. The van der Waals surface area contributed by atoms with Gasteiger partial charge >= 0.3 is 0 Å². The van der Waals surface area contributed by atoms with E-state index in [-0.39, 0.29) is 17.9 Å². The standard InChI is InChI=1S/C19H26N4O3/c1-12-15(13(2)26-21-12)11-20-19(25)18-9-8-16(22(18)4)17-7-5-6-10-23(17)14(3)24/h8-9,17H,5-7,10-11H2,1-4H3,(H,20,25)/t17-/m0/s1. The van der Waals surface area contributed by atoms with Gasteiger partial charge in [0, 0.05) is 38.3 Å². The summed E-state index contributed by atoms with van der Waals surface area (Å²) >= 11 is 0. The maximum Gasteiger partial charge on any atom is 0.268 e. The van der Waals surface area contributed by atoms with Crippen molar-refractivity contribution >= 4 is 11.8 Å². The first-order valence-corrected chi connectivity index (χ1v) is 9.03. The molecule has 7 heteroatoms. The van der Waals surface area contributed by atoms with Gasteiger partial charge in [0.2, 0.25) is 5.91 Å². The molecule has 0 aromatic carbocycles. The average Bonchev–Trinajstić information content (AvgIpc) is 3.15. The monoisotopic (exact) mass is 358 g/mol. The predicted octanol–water partition coefficient (Wildman–Crippen LogP) is 2.63. The van der Waals surface area contributed by atoms with Crippen molar-refractivity contribution in [3.63, 3.8) is 0 Å². The molecule has 1 saturated heterocycles. The van der Waals surface area contributed by atoms with Crippen LogP contribution in [0, 0.1) is 13.8 Å². The first-order valence-electron chi connectivity index (χ1n) is 9.03. The summed E-state index contributed by atoms with van der Waals surface area (Å²) in [5.74, 6) is 0.652. The van der Waals surface area contributed by atoms with Crippen molar-refractivity contribution in [1.82, 2.24) is 19.9 Å². The number of carbonyl (C=O) groups excluding carboxylic acids is 2. The number of aryl methyl sites for hydroxylation is 2. The first kappa shape index (κ1) is 18.2. The lowest BCUT2D eigenvalue weighted by molar-refractivity contribution is -0.132. The number of piperidine rings is 1. The number of aromatic nitrogens is 2. The highest BCUT2D eigenvalue weighted by molar-refractivity contribution is 5.93. The van der Waals surface area contributed by atoms with Crippen molar-refractivity contribution in [3.8, 4) is 0 Å². The third-order valence-electron chi connectivity index (χ3n) is 5.25. The van der Waals surface area contributed by atoms with Gasteiger partial charge in [0.1, 0.15) is 11.5 Å². The van der Waals surface area contributed by atoms with Crippen LogP contribution in [0.4, 0.5) is 0 Å². The number of rotatable bonds is 4. The minimum Gasteiger partial charge on any atom is -0.361 e. The van der Waals surface area contributed by atoms with Gasteiger partial charge in [-0.25, -0.2) is 0 Å². The van der Waals surface area contributed by atoms with E-state index in [9.17, 15) is 9.59 Å². The highest BCUT2D eigenvalue weighted by atomic mass is 16.5. The van der Waals surface area contributed by atoms with Crippen LogP contribution in [0.3, 0.4) is 0 Å². The van der Waals surface area contributed by atoms with Gasteiger partial charge in [-0.3, -0.25) is 9.59 Å². The molecule has 3 rings (SSSR count). The van der Waals surface area contributed by atoms with E-state index in [2.05, 4.69) is 10.5 Å². The smallest absolute Gasteiger partial charge is 0.268 e. The molecule has 1 fully saturated rings. The van der Waals surface area contributed by atoms with Crippen LogP contribution in [0.2, 0.25) is 0 Å². The zero-order valence-corrected chi connectivity index (χ0v) is 15.8. The summed E-state index contributed by atoms with van der Waals surface area (Å²) in [4.78, 5) is 26.5. The van der Waals surface area contributed by atoms with E-state index >= 15 is 0 Å². The number of likely N-dealkylation sites (tertiary alicyclic amines) is 1. The van der Waals surface area contributed by atoms with Crippen LogP contribution in [0.15, 0.2) is 16.7 Å². The molecular formula is C19H26N4O3. The minimum absolute atomic E-state index is 0.0374. The molecule has 3 heterocycles. The number of nitrogens with one attached hydrogen (secondary N) is 1. The van der Waals surface area contributed by atoms with Gasteiger partial charge in [-0.05, 0) is 45.2 Å². The second-order valence-corrected chi connectivity index (χ2v) is 6.91. The van der Waals surface area contributed by atoms with Gasteiger partial charge in [0.25, 0.3) is 5.91 Å². The fourth-order valence-electron chi connectivity index (χ4n) is 3.72. The Morgan fingerprint density at radius 2 is 2.08 bits per heavy atom. The van der Waals surface area contributed by atoms with Crippen LogP contribution in [-0.4, -0.2) is 33.0 Å². The fraction of sp³-hybridized carbons (Fsp3) is 0.526. The fourth-order valence-corrected chi connectivity index (χ4v) is 3.72. The molecular weight excluding hydrogens is 332 g/mol. The van der Waals surface area contributed by atoms with E-state index in [4.69, 9.17) is 4.52 Å². The van der Waals surface area contributed by atoms with E-state index < -0.39 is 0 Å². The molecule has 1 N–H and O–H groups in total. The zero-order valence-electron chi connectivity index (χ0n) is 15.8. The van der Waals surface area contributed by atoms with Crippen LogP contribution >= 0.6 is 0 Å². The van der Waals surface area contributed by atoms with Gasteiger partial charge in [-0.2, -0.15) is 0 Å². The summed E-state index contributed by atoms with van der Waals surface area (Å²) in [6.07, 6.45) is 3.05. The van der Waals surface area contributed by atoms with Crippen molar-refractivity contribution in [2.24, 2.45) is 7.05 Å². The van der Waals surface area contributed by atoms with Crippen molar-refractivity contribution in [1.29, 1.82) is 0 Å². The van der Waals surface area contributed by atoms with Gasteiger partial charge in [-0.15, -0.1) is 0 Å². The SMILES string of the molecule is CC(=O)N1CCCC[C@H]1c1ccc(C(=O)NCc2c(C)noc2C)n1C. The molecule has 140 valence electrons. The Balaban J connectivity index is 1.75. The lowest BCUT2D eigenvalue weighted by atomic mass is 9.99. The normalized spacial score (nSPS) is 17.4. The molecule has 2 aromatic rings. The summed E-state index contributed by atoms with van der Waals surface area (Å²) in [6.45, 7) is 6.46. The zero-order chi connectivity index (χ0) is 18.8. The maximum atomic E-state index is 12.6. The molecule has 0 spiro atoms. The number of hydrogen-bond acceptors (Lipinski definition) is 4. The molecule has 0 bridgehead atoms. The van der Waals surface area contributed by atoms with Gasteiger partial charge in [0.05, 0.1) is 11.7 Å². The largest absolute Gasteiger partial charge is 0.361 e. The van der Waals surface area contributed by atoms with E-state index in [1.165, 1.54) is 0 Å². The van der Waals surface area contributed by atoms with Crippen LogP contribution in [0.5, 0.6) is 0 Å². The van der Waals surface area contributed by atoms with E-state index in [0.717, 1.165) is 48.5 Å². The van der Waals surface area contributed by atoms with Crippen molar-refractivity contribution < 1.29 is 14.1 Å². The Morgan fingerprint density at radius 1 is 1.31 bits per heavy atom. The molecule has 0 unspecified atom stereocenters. The van der Waals surface area contributed by atoms with Gasteiger partial charge < -0.3 is 19.3 Å². The van der Waals surface area contributed by atoms with Gasteiger partial charge in [0.15, 0.2) is 0 Å². The van der Waals surface area contributed by atoms with E-state index in [1.807, 2.05) is 42.5 Å². The molecule has 2 amide bonds. The number of nitrogens with zero attached hydrogens (tertiary/aromatic N) is 3. The summed E-state index contributed by atoms with van der Waals surface area (Å²) < 4.78 is 7.03. The Morgan fingerprint density at radius 3 is 2.73 bits per heavy atom. The predicted molar refractivity (Wildman–Crippen MR) is 96.5 cm³/mol. The van der Waals surface area contributed by atoms with Crippen molar-refractivity contribution in [3.05, 3.63) is 40.5 Å². The summed E-state index contributed by atoms with van der Waals surface area (Å²) in [6, 6.07) is 3.82. The first-order chi connectivity index (χ1) is 12.4. The van der Waals surface area contributed by atoms with Crippen LogP contribution < -0.4 is 5.32 Å². The van der Waals surface area contributed by atoms with E-state index in [1.54, 1.807) is 6.92 Å². The molecule has 1 aliphatic rings. The molecule has 1 atom stereocenters. The summed E-state index contributed by atoms with van der Waals surface area (Å²) in [5, 5.41) is 6.84. The van der Waals surface area contributed by atoms with Crippen LogP contribution in [0.25, 0.3) is 0 Å². The second-order valence-electron chi connectivity index (χ2n) is 6.91. The third-order valence-corrected chi connectivity index (χ3v) is 5.25. The third kappa shape index (κ3) is 3.38. The summed E-state index contributed by atoms with van der Waals surface area (Å²) in [5.41, 5.74) is 3.28. The van der Waals surface area contributed by atoms with Crippen molar-refractivity contribution in [2.75, 3.05) is 6.54 Å². The highest BCUT2D eigenvalue weighted by Gasteiger charge is 2.28. The van der Waals surface area contributed by atoms with Crippen LogP contribution in [-0.2, 0) is 18.4 Å². The molecule has 7 nitrogen and oxygen atoms in total. The average molecular weight is 358 g/mol. The summed E-state index contributed by atoms with van der Waals surface area (Å²) in [7, 11) is 1.88. The Labute approximate surface area is 153 Å². The number of amides is 2. The molecule has 0 saturated carbocycles. The quantitative estimate of drug-likeness (QED) is 0.911. The topological polar surface area (TPSA) is 80.4 Å². The molecule has 0 aliphatic carbocycles. The maximum absolute atomic E-state index is 12.6. The lowest BCUT2D eigenvalue weighted by Crippen LogP contribution is -2.38. The highest BCUT2D eigenvalue weighted by Crippen LogP contribution is 2.31. The van der Waals surface area contributed by atoms with Gasteiger partial charge in [-0.1, -0.05) is 5.16 Å². The van der Waals surface area contributed by atoms with E-state index in [0.29, 0.717) is 12.2 Å². The second kappa shape index (κ2) is 7.35. The number of carbonyl (C=O) groups is 2. The lowest BCUT2D eigenvalue weighted by Gasteiger charge is -2.35. The molecule has 1 aliphatic heterocycles.